The van der Waals surface area contributed by atoms with Gasteiger partial charge in [-0.15, -0.1) is 0 Å². The third-order valence-corrected chi connectivity index (χ3v) is 9.56. The molecule has 7 heteroatoms. The summed E-state index contributed by atoms with van der Waals surface area (Å²) in [5.41, 5.74) is 5.09. The monoisotopic (exact) mass is 554 g/mol. The standard InChI is InChI=1S/C34H38N2O5/c1-8-36-32(39)29-25(16-33(36,5)6)41-26-17-34(13-14-34)15-23(38)28(26)30(29)27-19(3)21(10-12-24(27)40-7)22-11-9-18(2)31(35-22)20(4)37/h9-12,30H,8,13-17H2,1-7H3/t30-/m1/s1. The number of carbonyl (C=O) groups is 3. The number of rotatable bonds is 5. The van der Waals surface area contributed by atoms with E-state index in [9.17, 15) is 14.4 Å². The maximum atomic E-state index is 14.3. The van der Waals surface area contributed by atoms with Crippen molar-refractivity contribution in [2.24, 2.45) is 5.41 Å². The number of pyridine rings is 1. The Kier molecular flexibility index (Phi) is 6.29. The molecule has 0 radical (unpaired) electrons. The fourth-order valence-electron chi connectivity index (χ4n) is 7.24. The lowest BCUT2D eigenvalue weighted by Crippen LogP contribution is -2.53. The molecule has 7 nitrogen and oxygen atoms in total. The third kappa shape index (κ3) is 4.23. The fourth-order valence-corrected chi connectivity index (χ4v) is 7.24. The van der Waals surface area contributed by atoms with Crippen LogP contribution in [-0.2, 0) is 14.3 Å². The smallest absolute Gasteiger partial charge is 0.254 e. The summed E-state index contributed by atoms with van der Waals surface area (Å²) in [4.78, 5) is 47.2. The highest BCUT2D eigenvalue weighted by atomic mass is 16.5. The highest BCUT2D eigenvalue weighted by Crippen LogP contribution is 2.61. The molecule has 41 heavy (non-hydrogen) atoms. The molecule has 1 atom stereocenters. The van der Waals surface area contributed by atoms with E-state index in [1.165, 1.54) is 6.92 Å². The van der Waals surface area contributed by atoms with Crippen LogP contribution in [0.1, 0.15) is 92.9 Å². The van der Waals surface area contributed by atoms with Crippen molar-refractivity contribution in [2.45, 2.75) is 85.1 Å². The van der Waals surface area contributed by atoms with E-state index in [1.807, 2.05) is 49.9 Å². The van der Waals surface area contributed by atoms with Crippen molar-refractivity contribution in [1.29, 1.82) is 0 Å². The van der Waals surface area contributed by atoms with E-state index in [4.69, 9.17) is 14.5 Å². The zero-order chi connectivity index (χ0) is 29.4. The Bertz CT molecular complexity index is 1590. The van der Waals surface area contributed by atoms with Gasteiger partial charge < -0.3 is 14.4 Å². The molecule has 1 saturated carbocycles. The van der Waals surface area contributed by atoms with Gasteiger partial charge in [0.05, 0.1) is 24.3 Å². The zero-order valence-electron chi connectivity index (χ0n) is 25.1. The molecule has 0 unspecified atom stereocenters. The van der Waals surface area contributed by atoms with E-state index >= 15 is 0 Å². The number of likely N-dealkylation sites (N-methyl/N-ethyl adjacent to an activating group) is 1. The maximum absolute atomic E-state index is 14.3. The number of methoxy groups -OCH3 is 1. The number of benzene rings is 1. The van der Waals surface area contributed by atoms with E-state index < -0.39 is 11.5 Å². The Labute approximate surface area is 241 Å². The second-order valence-corrected chi connectivity index (χ2v) is 12.8. The Morgan fingerprint density at radius 1 is 1.05 bits per heavy atom. The average molecular weight is 555 g/mol. The van der Waals surface area contributed by atoms with Crippen LogP contribution in [0.15, 0.2) is 46.9 Å². The van der Waals surface area contributed by atoms with Crippen LogP contribution in [0.3, 0.4) is 0 Å². The summed E-state index contributed by atoms with van der Waals surface area (Å²) in [5, 5.41) is 0. The van der Waals surface area contributed by atoms with Gasteiger partial charge in [0.1, 0.15) is 23.0 Å². The van der Waals surface area contributed by atoms with Crippen LogP contribution in [0.5, 0.6) is 5.75 Å². The Morgan fingerprint density at radius 2 is 1.76 bits per heavy atom. The minimum atomic E-state index is -0.609. The predicted molar refractivity (Wildman–Crippen MR) is 156 cm³/mol. The van der Waals surface area contributed by atoms with Crippen molar-refractivity contribution in [1.82, 2.24) is 9.88 Å². The van der Waals surface area contributed by atoms with Crippen molar-refractivity contribution in [3.63, 3.8) is 0 Å². The molecule has 2 aliphatic carbocycles. The van der Waals surface area contributed by atoms with E-state index in [0.717, 1.165) is 47.3 Å². The van der Waals surface area contributed by atoms with Crippen molar-refractivity contribution >= 4 is 17.5 Å². The normalized spacial score (nSPS) is 22.4. The Balaban J connectivity index is 1.61. The summed E-state index contributed by atoms with van der Waals surface area (Å²) < 4.78 is 12.5. The number of aromatic nitrogens is 1. The van der Waals surface area contributed by atoms with E-state index in [0.29, 0.717) is 53.4 Å². The van der Waals surface area contributed by atoms with Gasteiger partial charge in [-0.3, -0.25) is 14.4 Å². The Hall–Kier alpha value is -3.74. The van der Waals surface area contributed by atoms with Gasteiger partial charge in [0.25, 0.3) is 5.91 Å². The van der Waals surface area contributed by atoms with Gasteiger partial charge in [0.15, 0.2) is 11.6 Å². The van der Waals surface area contributed by atoms with E-state index in [2.05, 4.69) is 13.8 Å². The lowest BCUT2D eigenvalue weighted by Gasteiger charge is -2.47. The first-order valence-electron chi connectivity index (χ1n) is 14.6. The molecule has 1 spiro atoms. The first-order valence-corrected chi connectivity index (χ1v) is 14.6. The van der Waals surface area contributed by atoms with Crippen molar-refractivity contribution in [3.8, 4) is 17.0 Å². The maximum Gasteiger partial charge on any atom is 0.254 e. The molecule has 1 aromatic carbocycles. The lowest BCUT2D eigenvalue weighted by molar-refractivity contribution is -0.134. The number of hydrogen-bond acceptors (Lipinski definition) is 6. The summed E-state index contributed by atoms with van der Waals surface area (Å²) in [6, 6.07) is 7.64. The van der Waals surface area contributed by atoms with Crippen molar-refractivity contribution in [3.05, 3.63) is 69.3 Å². The summed E-state index contributed by atoms with van der Waals surface area (Å²) in [5.74, 6) is 1.24. The third-order valence-electron chi connectivity index (χ3n) is 9.56. The van der Waals surface area contributed by atoms with Gasteiger partial charge in [0, 0.05) is 55.0 Å². The number of allylic oxidation sites excluding steroid dienone is 2. The van der Waals surface area contributed by atoms with Crippen LogP contribution >= 0.6 is 0 Å². The predicted octanol–water partition coefficient (Wildman–Crippen LogP) is 6.37. The van der Waals surface area contributed by atoms with Crippen molar-refractivity contribution in [2.75, 3.05) is 13.7 Å². The van der Waals surface area contributed by atoms with Gasteiger partial charge in [-0.05, 0) is 82.2 Å². The van der Waals surface area contributed by atoms with Crippen LogP contribution in [-0.4, -0.2) is 46.6 Å². The summed E-state index contributed by atoms with van der Waals surface area (Å²) in [6.07, 6.45) is 3.82. The molecule has 0 bridgehead atoms. The van der Waals surface area contributed by atoms with Gasteiger partial charge in [-0.1, -0.05) is 6.07 Å². The number of carbonyl (C=O) groups excluding carboxylic acids is 3. The van der Waals surface area contributed by atoms with Gasteiger partial charge in [0.2, 0.25) is 0 Å². The number of ketones is 2. The highest BCUT2D eigenvalue weighted by Gasteiger charge is 2.55. The number of amides is 1. The van der Waals surface area contributed by atoms with Gasteiger partial charge >= 0.3 is 0 Å². The molecular weight excluding hydrogens is 516 g/mol. The molecule has 3 heterocycles. The minimum Gasteiger partial charge on any atom is -0.496 e. The molecule has 2 aromatic rings. The summed E-state index contributed by atoms with van der Waals surface area (Å²) in [6.45, 7) is 12.1. The van der Waals surface area contributed by atoms with E-state index in [-0.39, 0.29) is 22.9 Å². The largest absolute Gasteiger partial charge is 0.496 e. The molecule has 1 fully saturated rings. The van der Waals surface area contributed by atoms with Crippen molar-refractivity contribution < 1.29 is 23.9 Å². The van der Waals surface area contributed by atoms with Crippen LogP contribution in [0.2, 0.25) is 0 Å². The van der Waals surface area contributed by atoms with Gasteiger partial charge in [-0.25, -0.2) is 4.98 Å². The molecule has 0 N–H and O–H groups in total. The molecule has 214 valence electrons. The van der Waals surface area contributed by atoms with Gasteiger partial charge in [-0.2, -0.15) is 0 Å². The topological polar surface area (TPSA) is 85.8 Å². The molecule has 2 aliphatic heterocycles. The summed E-state index contributed by atoms with van der Waals surface area (Å²) >= 11 is 0. The molecule has 6 rings (SSSR count). The SMILES string of the molecule is CCN1C(=O)C2=C(CC1(C)C)OC1=C(C(=O)CC3(CC3)C1)[C@H]2c1c(OC)ccc(-c2ccc(C)c(C(C)=O)n2)c1C. The summed E-state index contributed by atoms with van der Waals surface area (Å²) in [7, 11) is 1.62. The lowest BCUT2D eigenvalue weighted by atomic mass is 9.69. The van der Waals surface area contributed by atoms with Crippen LogP contribution in [0.4, 0.5) is 0 Å². The molecule has 1 amide bonds. The molecule has 4 aliphatic rings. The first-order chi connectivity index (χ1) is 19.4. The quantitative estimate of drug-likeness (QED) is 0.399. The second-order valence-electron chi connectivity index (χ2n) is 12.8. The molecular formula is C34H38N2O5. The number of nitrogens with zero attached hydrogens (tertiary/aromatic N) is 2. The number of hydrogen-bond donors (Lipinski definition) is 0. The Morgan fingerprint density at radius 3 is 2.39 bits per heavy atom. The fraction of sp³-hybridized carbons (Fsp3) is 0.471. The number of ether oxygens (including phenoxy) is 2. The molecule has 1 aromatic heterocycles. The number of Topliss-reactive ketones (excluding diaryl/α,β-unsaturated/α-hetero) is 2. The minimum absolute atomic E-state index is 0.00192. The molecule has 0 saturated heterocycles. The van der Waals surface area contributed by atoms with E-state index in [1.54, 1.807) is 7.11 Å². The highest BCUT2D eigenvalue weighted by molar-refractivity contribution is 6.06. The van der Waals surface area contributed by atoms with Crippen LogP contribution in [0, 0.1) is 19.3 Å². The van der Waals surface area contributed by atoms with Crippen LogP contribution < -0.4 is 4.74 Å². The average Bonchev–Trinajstić information content (AvgIpc) is 3.64. The number of aryl methyl sites for hydroxylation is 1. The van der Waals surface area contributed by atoms with Crippen LogP contribution in [0.25, 0.3) is 11.3 Å². The zero-order valence-corrected chi connectivity index (χ0v) is 25.1. The first kappa shape index (κ1) is 27.4. The second kappa shape index (κ2) is 9.40.